The van der Waals surface area contributed by atoms with Gasteiger partial charge in [-0.3, -0.25) is 0 Å². The first-order chi connectivity index (χ1) is 7.65. The Kier molecular flexibility index (Phi) is 4.11. The Balaban J connectivity index is 2.98. The highest BCUT2D eigenvalue weighted by Crippen LogP contribution is 2.27. The van der Waals surface area contributed by atoms with Gasteiger partial charge in [-0.1, -0.05) is 29.8 Å². The lowest BCUT2D eigenvalue weighted by Gasteiger charge is -2.16. The van der Waals surface area contributed by atoms with Crippen molar-refractivity contribution < 1.29 is 0 Å². The summed E-state index contributed by atoms with van der Waals surface area (Å²) in [7, 11) is 0. The molecular weight excluding hydrogens is 220 g/mol. The summed E-state index contributed by atoms with van der Waals surface area (Å²) >= 11 is 5.85. The van der Waals surface area contributed by atoms with Crippen LogP contribution in [0.2, 0.25) is 5.02 Å². The predicted octanol–water partition coefficient (Wildman–Crippen LogP) is 3.49. The summed E-state index contributed by atoms with van der Waals surface area (Å²) in [5, 5.41) is 18.8. The first-order valence-corrected chi connectivity index (χ1v) is 5.21. The summed E-state index contributed by atoms with van der Waals surface area (Å²) in [6.45, 7) is 3.57. The van der Waals surface area contributed by atoms with Gasteiger partial charge in [0.25, 0.3) is 0 Å². The van der Waals surface area contributed by atoms with Gasteiger partial charge in [0.2, 0.25) is 0 Å². The zero-order valence-corrected chi connectivity index (χ0v) is 9.54. The monoisotopic (exact) mass is 230 g/mol. The number of allylic oxidation sites excluding steroid dienone is 1. The normalized spacial score (nSPS) is 10.2. The number of nitrogens with zero attached hydrogens (tertiary/aromatic N) is 2. The van der Waals surface area contributed by atoms with Crippen LogP contribution in [0, 0.1) is 28.1 Å². The molecule has 16 heavy (non-hydrogen) atoms. The van der Waals surface area contributed by atoms with E-state index in [1.165, 1.54) is 0 Å². The maximum absolute atomic E-state index is 9.08. The molecule has 0 amide bonds. The molecule has 0 aliphatic heterocycles. The van der Waals surface area contributed by atoms with Crippen LogP contribution in [0.3, 0.4) is 0 Å². The van der Waals surface area contributed by atoms with Crippen molar-refractivity contribution in [2.45, 2.75) is 12.8 Å². The standard InChI is InChI=1S/C13H11ClN2/c1-2-6-13(9-15,10-16)8-11-4-3-5-12(14)7-11/h2-5,7H,1,6,8H2. The minimum atomic E-state index is -1.04. The van der Waals surface area contributed by atoms with Gasteiger partial charge < -0.3 is 0 Å². The molecule has 0 aromatic heterocycles. The molecular formula is C13H11ClN2. The first kappa shape index (κ1) is 12.3. The fourth-order valence-corrected chi connectivity index (χ4v) is 1.72. The number of nitriles is 2. The van der Waals surface area contributed by atoms with Crippen LogP contribution in [0.4, 0.5) is 0 Å². The number of halogens is 1. The Morgan fingerprint density at radius 1 is 1.38 bits per heavy atom. The third kappa shape index (κ3) is 2.86. The highest BCUT2D eigenvalue weighted by atomic mass is 35.5. The van der Waals surface area contributed by atoms with Crippen molar-refractivity contribution in [1.29, 1.82) is 10.5 Å². The summed E-state index contributed by atoms with van der Waals surface area (Å²) < 4.78 is 0. The van der Waals surface area contributed by atoms with Crippen molar-refractivity contribution in [3.63, 3.8) is 0 Å². The summed E-state index contributed by atoms with van der Waals surface area (Å²) in [6, 6.07) is 11.3. The van der Waals surface area contributed by atoms with Crippen LogP contribution in [-0.4, -0.2) is 0 Å². The number of hydrogen-bond donors (Lipinski definition) is 0. The second-order valence-electron chi connectivity index (χ2n) is 3.61. The van der Waals surface area contributed by atoms with Crippen molar-refractivity contribution in [2.24, 2.45) is 5.41 Å². The van der Waals surface area contributed by atoms with Crippen LogP contribution < -0.4 is 0 Å². The van der Waals surface area contributed by atoms with Gasteiger partial charge >= 0.3 is 0 Å². The first-order valence-electron chi connectivity index (χ1n) is 4.83. The molecule has 1 rings (SSSR count). The van der Waals surface area contributed by atoms with E-state index in [9.17, 15) is 0 Å². The smallest absolute Gasteiger partial charge is 0.151 e. The van der Waals surface area contributed by atoms with E-state index in [2.05, 4.69) is 18.7 Å². The number of hydrogen-bond acceptors (Lipinski definition) is 2. The maximum Gasteiger partial charge on any atom is 0.151 e. The number of benzene rings is 1. The average molecular weight is 231 g/mol. The summed E-state index contributed by atoms with van der Waals surface area (Å²) in [6.07, 6.45) is 2.32. The molecule has 0 aliphatic rings. The van der Waals surface area contributed by atoms with Crippen molar-refractivity contribution in [3.05, 3.63) is 47.5 Å². The van der Waals surface area contributed by atoms with Gasteiger partial charge in [-0.15, -0.1) is 6.58 Å². The van der Waals surface area contributed by atoms with E-state index in [1.54, 1.807) is 18.2 Å². The zero-order chi connectivity index (χ0) is 12.0. The Morgan fingerprint density at radius 2 is 2.06 bits per heavy atom. The van der Waals surface area contributed by atoms with Gasteiger partial charge in [0.15, 0.2) is 5.41 Å². The third-order valence-corrected chi connectivity index (χ3v) is 2.55. The van der Waals surface area contributed by atoms with Crippen LogP contribution >= 0.6 is 11.6 Å². The molecule has 0 fully saturated rings. The van der Waals surface area contributed by atoms with Crippen molar-refractivity contribution >= 4 is 11.6 Å². The molecule has 0 N–H and O–H groups in total. The van der Waals surface area contributed by atoms with Gasteiger partial charge in [-0.25, -0.2) is 0 Å². The Labute approximate surface area is 100 Å². The van der Waals surface area contributed by atoms with Crippen LogP contribution in [0.5, 0.6) is 0 Å². The minimum absolute atomic E-state index is 0.354. The highest BCUT2D eigenvalue weighted by Gasteiger charge is 2.28. The average Bonchev–Trinajstić information content (AvgIpc) is 2.28. The lowest BCUT2D eigenvalue weighted by atomic mass is 9.81. The molecule has 0 heterocycles. The van der Waals surface area contributed by atoms with E-state index in [0.717, 1.165) is 5.56 Å². The quantitative estimate of drug-likeness (QED) is 0.744. The fourth-order valence-electron chi connectivity index (χ4n) is 1.51. The molecule has 1 aromatic carbocycles. The van der Waals surface area contributed by atoms with Gasteiger partial charge in [-0.05, 0) is 24.1 Å². The molecule has 0 spiro atoms. The molecule has 0 atom stereocenters. The molecule has 1 aromatic rings. The molecule has 0 saturated heterocycles. The largest absolute Gasteiger partial charge is 0.197 e. The second kappa shape index (κ2) is 5.35. The van der Waals surface area contributed by atoms with Gasteiger partial charge in [0, 0.05) is 11.4 Å². The van der Waals surface area contributed by atoms with Gasteiger partial charge in [-0.2, -0.15) is 10.5 Å². The molecule has 80 valence electrons. The van der Waals surface area contributed by atoms with Crippen molar-refractivity contribution in [3.8, 4) is 12.1 Å². The van der Waals surface area contributed by atoms with Crippen LogP contribution in [0.1, 0.15) is 12.0 Å². The van der Waals surface area contributed by atoms with E-state index >= 15 is 0 Å². The molecule has 0 unspecified atom stereocenters. The maximum atomic E-state index is 9.08. The molecule has 0 aliphatic carbocycles. The molecule has 0 radical (unpaired) electrons. The Bertz CT molecular complexity index is 452. The van der Waals surface area contributed by atoms with Gasteiger partial charge in [0.05, 0.1) is 12.1 Å². The van der Waals surface area contributed by atoms with E-state index in [0.29, 0.717) is 17.9 Å². The predicted molar refractivity (Wildman–Crippen MR) is 63.6 cm³/mol. The Morgan fingerprint density at radius 3 is 2.56 bits per heavy atom. The molecule has 0 bridgehead atoms. The van der Waals surface area contributed by atoms with Crippen LogP contribution in [0.15, 0.2) is 36.9 Å². The summed E-state index contributed by atoms with van der Waals surface area (Å²) in [5.74, 6) is 0. The second-order valence-corrected chi connectivity index (χ2v) is 4.04. The third-order valence-electron chi connectivity index (χ3n) is 2.32. The van der Waals surface area contributed by atoms with E-state index < -0.39 is 5.41 Å². The number of rotatable bonds is 4. The Hall–Kier alpha value is -1.77. The van der Waals surface area contributed by atoms with E-state index in [4.69, 9.17) is 22.1 Å². The minimum Gasteiger partial charge on any atom is -0.197 e. The van der Waals surface area contributed by atoms with E-state index in [1.807, 2.05) is 12.1 Å². The molecule has 0 saturated carbocycles. The van der Waals surface area contributed by atoms with Crippen LogP contribution in [-0.2, 0) is 6.42 Å². The van der Waals surface area contributed by atoms with E-state index in [-0.39, 0.29) is 0 Å². The van der Waals surface area contributed by atoms with Gasteiger partial charge in [0.1, 0.15) is 0 Å². The highest BCUT2D eigenvalue weighted by molar-refractivity contribution is 6.30. The topological polar surface area (TPSA) is 47.6 Å². The molecule has 3 heteroatoms. The molecule has 2 nitrogen and oxygen atoms in total. The van der Waals surface area contributed by atoms with Crippen molar-refractivity contribution in [1.82, 2.24) is 0 Å². The fraction of sp³-hybridized carbons (Fsp3) is 0.231. The zero-order valence-electron chi connectivity index (χ0n) is 8.78. The summed E-state index contributed by atoms with van der Waals surface area (Å²) in [4.78, 5) is 0. The summed E-state index contributed by atoms with van der Waals surface area (Å²) in [5.41, 5.74) is -0.149. The lowest BCUT2D eigenvalue weighted by molar-refractivity contribution is 0.527. The van der Waals surface area contributed by atoms with Crippen LogP contribution in [0.25, 0.3) is 0 Å². The van der Waals surface area contributed by atoms with Crippen molar-refractivity contribution in [2.75, 3.05) is 0 Å². The lowest BCUT2D eigenvalue weighted by Crippen LogP contribution is -2.18. The SMILES string of the molecule is C=CCC(C#N)(C#N)Cc1cccc(Cl)c1.